The Bertz CT molecular complexity index is 1430. The highest BCUT2D eigenvalue weighted by Gasteiger charge is 2.19. The molecular weight excluding hydrogens is 440 g/mol. The molecule has 10 heteroatoms. The average Bonchev–Trinajstić information content (AvgIpc) is 3.17. The van der Waals surface area contributed by atoms with Crippen molar-refractivity contribution in [3.63, 3.8) is 0 Å². The number of esters is 1. The fraction of sp³-hybridized carbons (Fsp3) is 0.125. The molecule has 0 saturated carbocycles. The van der Waals surface area contributed by atoms with Crippen LogP contribution in [-0.4, -0.2) is 40.6 Å². The quantitative estimate of drug-likeness (QED) is 0.185. The average molecular weight is 460 g/mol. The molecule has 4 aromatic rings. The van der Waals surface area contributed by atoms with Gasteiger partial charge in [0, 0.05) is 35.3 Å². The van der Waals surface area contributed by atoms with E-state index < -0.39 is 16.8 Å². The lowest BCUT2D eigenvalue weighted by molar-refractivity contribution is -0.384. The van der Waals surface area contributed by atoms with Crippen molar-refractivity contribution in [3.8, 4) is 5.75 Å². The standard InChI is InChI=1S/C24H20N4O6/c1-2-33-24(30)23-19-10-9-18(13-21(19)27-11-4-3-8-20(23)27)34-15-22(29)26-25-14-16-6-5-7-17(12-16)28(31)32/h3-14H,2,15H2,1H3,(H,26,29)/b25-14-. The number of ether oxygens (including phenoxy) is 2. The van der Waals surface area contributed by atoms with Crippen LogP contribution in [0.3, 0.4) is 0 Å². The van der Waals surface area contributed by atoms with E-state index in [4.69, 9.17) is 9.47 Å². The van der Waals surface area contributed by atoms with Crippen molar-refractivity contribution < 1.29 is 24.0 Å². The number of nitro groups is 1. The zero-order valence-electron chi connectivity index (χ0n) is 18.1. The molecule has 0 aliphatic heterocycles. The molecule has 34 heavy (non-hydrogen) atoms. The minimum absolute atomic E-state index is 0.0713. The van der Waals surface area contributed by atoms with Crippen molar-refractivity contribution in [2.75, 3.05) is 13.2 Å². The fourth-order valence-corrected chi connectivity index (χ4v) is 3.50. The highest BCUT2D eigenvalue weighted by molar-refractivity contribution is 6.12. The number of hydrogen-bond donors (Lipinski definition) is 1. The predicted molar refractivity (Wildman–Crippen MR) is 125 cm³/mol. The number of carbonyl (C=O) groups excluding carboxylic acids is 2. The lowest BCUT2D eigenvalue weighted by Crippen LogP contribution is -2.24. The number of rotatable bonds is 8. The van der Waals surface area contributed by atoms with Gasteiger partial charge in [-0.15, -0.1) is 0 Å². The Morgan fingerprint density at radius 3 is 2.76 bits per heavy atom. The molecule has 0 atom stereocenters. The Hall–Kier alpha value is -4.73. The molecule has 2 heterocycles. The van der Waals surface area contributed by atoms with Crippen LogP contribution in [-0.2, 0) is 9.53 Å². The van der Waals surface area contributed by atoms with Crippen LogP contribution in [0.1, 0.15) is 22.8 Å². The maximum absolute atomic E-state index is 12.5. The van der Waals surface area contributed by atoms with E-state index in [0.29, 0.717) is 27.8 Å². The van der Waals surface area contributed by atoms with E-state index in [0.717, 1.165) is 5.52 Å². The van der Waals surface area contributed by atoms with Gasteiger partial charge >= 0.3 is 5.97 Å². The minimum atomic E-state index is -0.509. The van der Waals surface area contributed by atoms with Crippen LogP contribution in [0.15, 0.2) is 72.0 Å². The molecule has 0 spiro atoms. The van der Waals surface area contributed by atoms with Gasteiger partial charge in [0.25, 0.3) is 11.6 Å². The van der Waals surface area contributed by atoms with E-state index >= 15 is 0 Å². The lowest BCUT2D eigenvalue weighted by atomic mass is 10.1. The lowest BCUT2D eigenvalue weighted by Gasteiger charge is -2.06. The number of hydrazone groups is 1. The number of non-ortho nitro benzene ring substituents is 1. The van der Waals surface area contributed by atoms with E-state index in [1.165, 1.54) is 24.4 Å². The molecule has 4 rings (SSSR count). The second-order valence-electron chi connectivity index (χ2n) is 7.16. The molecular formula is C24H20N4O6. The monoisotopic (exact) mass is 460 g/mol. The predicted octanol–water partition coefficient (Wildman–Crippen LogP) is 3.71. The van der Waals surface area contributed by atoms with E-state index in [1.807, 2.05) is 28.8 Å². The molecule has 0 aliphatic carbocycles. The second-order valence-corrected chi connectivity index (χ2v) is 7.16. The molecule has 1 amide bonds. The van der Waals surface area contributed by atoms with Gasteiger partial charge in [0.2, 0.25) is 0 Å². The molecule has 0 fully saturated rings. The summed E-state index contributed by atoms with van der Waals surface area (Å²) in [5.74, 6) is -0.478. The Kier molecular flexibility index (Phi) is 6.49. The zero-order chi connectivity index (χ0) is 24.1. The van der Waals surface area contributed by atoms with Gasteiger partial charge in [-0.25, -0.2) is 10.2 Å². The summed E-state index contributed by atoms with van der Waals surface area (Å²) in [4.78, 5) is 34.9. The van der Waals surface area contributed by atoms with Crippen LogP contribution < -0.4 is 10.2 Å². The third-order valence-electron chi connectivity index (χ3n) is 4.95. The van der Waals surface area contributed by atoms with Gasteiger partial charge in [0.15, 0.2) is 6.61 Å². The summed E-state index contributed by atoms with van der Waals surface area (Å²) >= 11 is 0. The highest BCUT2D eigenvalue weighted by atomic mass is 16.6. The van der Waals surface area contributed by atoms with Gasteiger partial charge in [-0.3, -0.25) is 14.9 Å². The summed E-state index contributed by atoms with van der Waals surface area (Å²) in [5, 5.41) is 15.3. The van der Waals surface area contributed by atoms with Gasteiger partial charge in [-0.05, 0) is 31.2 Å². The molecule has 10 nitrogen and oxygen atoms in total. The molecule has 2 aromatic carbocycles. The Balaban J connectivity index is 1.46. The number of fused-ring (bicyclic) bond motifs is 3. The summed E-state index contributed by atoms with van der Waals surface area (Å²) < 4.78 is 12.7. The topological polar surface area (TPSA) is 125 Å². The third-order valence-corrected chi connectivity index (χ3v) is 4.95. The molecule has 172 valence electrons. The molecule has 0 unspecified atom stereocenters. The van der Waals surface area contributed by atoms with E-state index in [-0.39, 0.29) is 18.9 Å². The largest absolute Gasteiger partial charge is 0.484 e. The first-order valence-corrected chi connectivity index (χ1v) is 10.4. The molecule has 0 aliphatic rings. The molecule has 1 N–H and O–H groups in total. The van der Waals surface area contributed by atoms with Gasteiger partial charge < -0.3 is 13.9 Å². The van der Waals surface area contributed by atoms with Crippen molar-refractivity contribution in [2.45, 2.75) is 6.92 Å². The Labute approximate surface area is 193 Å². The number of pyridine rings is 1. The maximum Gasteiger partial charge on any atom is 0.340 e. The summed E-state index contributed by atoms with van der Waals surface area (Å²) in [6, 6.07) is 16.5. The molecule has 0 saturated heterocycles. The van der Waals surface area contributed by atoms with Crippen LogP contribution in [0, 0.1) is 10.1 Å². The van der Waals surface area contributed by atoms with E-state index in [2.05, 4.69) is 10.5 Å². The van der Waals surface area contributed by atoms with Crippen LogP contribution in [0.2, 0.25) is 0 Å². The summed E-state index contributed by atoms with van der Waals surface area (Å²) in [7, 11) is 0. The molecule has 0 bridgehead atoms. The maximum atomic E-state index is 12.5. The van der Waals surface area contributed by atoms with Gasteiger partial charge in [0.1, 0.15) is 5.75 Å². The zero-order valence-corrected chi connectivity index (χ0v) is 18.1. The van der Waals surface area contributed by atoms with Crippen LogP contribution >= 0.6 is 0 Å². The number of nitrogens with one attached hydrogen (secondary N) is 1. The van der Waals surface area contributed by atoms with Crippen molar-refractivity contribution in [1.29, 1.82) is 0 Å². The van der Waals surface area contributed by atoms with E-state index in [9.17, 15) is 19.7 Å². The minimum Gasteiger partial charge on any atom is -0.484 e. The van der Waals surface area contributed by atoms with Crippen LogP contribution in [0.5, 0.6) is 5.75 Å². The number of hydrogen-bond acceptors (Lipinski definition) is 7. The molecule has 2 aromatic heterocycles. The highest BCUT2D eigenvalue weighted by Crippen LogP contribution is 2.30. The van der Waals surface area contributed by atoms with Crippen LogP contribution in [0.4, 0.5) is 5.69 Å². The fourth-order valence-electron chi connectivity index (χ4n) is 3.50. The first-order chi connectivity index (χ1) is 16.5. The van der Waals surface area contributed by atoms with Crippen molar-refractivity contribution >= 4 is 40.2 Å². The number of amides is 1. The normalized spacial score (nSPS) is 11.1. The number of benzene rings is 2. The smallest absolute Gasteiger partial charge is 0.340 e. The van der Waals surface area contributed by atoms with Gasteiger partial charge in [0.05, 0.1) is 34.3 Å². The Morgan fingerprint density at radius 2 is 1.97 bits per heavy atom. The third kappa shape index (κ3) is 4.70. The number of aromatic nitrogens is 1. The van der Waals surface area contributed by atoms with Crippen molar-refractivity contribution in [3.05, 3.63) is 88.1 Å². The van der Waals surface area contributed by atoms with Crippen molar-refractivity contribution in [2.24, 2.45) is 5.10 Å². The number of nitro benzene ring substituents is 1. The second kappa shape index (κ2) is 9.82. The Morgan fingerprint density at radius 1 is 1.12 bits per heavy atom. The van der Waals surface area contributed by atoms with Crippen LogP contribution in [0.25, 0.3) is 16.4 Å². The first-order valence-electron chi connectivity index (χ1n) is 10.4. The number of carbonyl (C=O) groups is 2. The van der Waals surface area contributed by atoms with E-state index in [1.54, 1.807) is 31.2 Å². The molecule has 0 radical (unpaired) electrons. The summed E-state index contributed by atoms with van der Waals surface area (Å²) in [6.45, 7) is 1.72. The summed E-state index contributed by atoms with van der Waals surface area (Å²) in [6.07, 6.45) is 3.14. The SMILES string of the molecule is CCOC(=O)c1c2ccc(OCC(=O)N/N=C\c3cccc([N+](=O)[O-])c3)cc2n2ccccc12. The van der Waals surface area contributed by atoms with Gasteiger partial charge in [-0.1, -0.05) is 18.2 Å². The van der Waals surface area contributed by atoms with Crippen molar-refractivity contribution in [1.82, 2.24) is 9.83 Å². The van der Waals surface area contributed by atoms with Gasteiger partial charge in [-0.2, -0.15) is 5.10 Å². The first kappa shape index (κ1) is 22.5. The number of nitrogens with zero attached hydrogens (tertiary/aromatic N) is 3. The summed E-state index contributed by atoms with van der Waals surface area (Å²) in [5.41, 5.74) is 4.63.